The summed E-state index contributed by atoms with van der Waals surface area (Å²) in [5, 5.41) is 17.3. The second-order valence-corrected chi connectivity index (χ2v) is 6.90. The predicted octanol–water partition coefficient (Wildman–Crippen LogP) is 5.00. The van der Waals surface area contributed by atoms with E-state index in [-0.39, 0.29) is 5.56 Å². The number of carboxylic acids is 1. The third kappa shape index (κ3) is 3.70. The Hall–Kier alpha value is -3.29. The molecule has 0 aliphatic carbocycles. The van der Waals surface area contributed by atoms with Crippen LogP contribution in [0.4, 0.5) is 19.0 Å². The SMILES string of the molecule is O=C(O)c1cccc(-n2nc(-c3ccc(C(F)(F)F)cc3)c3c2NCCCC3)c1. The van der Waals surface area contributed by atoms with E-state index in [9.17, 15) is 23.1 Å². The first-order valence-corrected chi connectivity index (χ1v) is 9.22. The average Bonchev–Trinajstić information content (AvgIpc) is 2.88. The maximum absolute atomic E-state index is 12.9. The molecule has 1 aromatic heterocycles. The minimum absolute atomic E-state index is 0.136. The topological polar surface area (TPSA) is 67.1 Å². The maximum atomic E-state index is 12.9. The van der Waals surface area contributed by atoms with Crippen molar-refractivity contribution in [1.82, 2.24) is 9.78 Å². The number of hydrogen-bond donors (Lipinski definition) is 2. The monoisotopic (exact) mass is 401 g/mol. The van der Waals surface area contributed by atoms with Crippen molar-refractivity contribution in [2.24, 2.45) is 0 Å². The molecule has 0 radical (unpaired) electrons. The van der Waals surface area contributed by atoms with Crippen molar-refractivity contribution >= 4 is 11.8 Å². The number of benzene rings is 2. The Morgan fingerprint density at radius 1 is 1.10 bits per heavy atom. The fourth-order valence-electron chi connectivity index (χ4n) is 3.51. The van der Waals surface area contributed by atoms with Crippen molar-refractivity contribution in [2.45, 2.75) is 25.4 Å². The van der Waals surface area contributed by atoms with E-state index in [0.717, 1.165) is 49.3 Å². The molecule has 0 spiro atoms. The van der Waals surface area contributed by atoms with Gasteiger partial charge in [-0.05, 0) is 49.6 Å². The summed E-state index contributed by atoms with van der Waals surface area (Å²) >= 11 is 0. The molecule has 0 saturated heterocycles. The number of fused-ring (bicyclic) bond motifs is 1. The van der Waals surface area contributed by atoms with Gasteiger partial charge in [0.15, 0.2) is 0 Å². The van der Waals surface area contributed by atoms with Gasteiger partial charge in [0.25, 0.3) is 0 Å². The molecule has 150 valence electrons. The summed E-state index contributed by atoms with van der Waals surface area (Å²) in [7, 11) is 0. The van der Waals surface area contributed by atoms with Gasteiger partial charge in [-0.1, -0.05) is 18.2 Å². The Bertz CT molecular complexity index is 1060. The summed E-state index contributed by atoms with van der Waals surface area (Å²) in [5.74, 6) is -0.291. The number of nitrogens with zero attached hydrogens (tertiary/aromatic N) is 2. The van der Waals surface area contributed by atoms with E-state index < -0.39 is 17.7 Å². The van der Waals surface area contributed by atoms with Gasteiger partial charge in [0.05, 0.1) is 22.5 Å². The minimum Gasteiger partial charge on any atom is -0.478 e. The zero-order valence-electron chi connectivity index (χ0n) is 15.3. The normalized spacial score (nSPS) is 14.0. The zero-order valence-corrected chi connectivity index (χ0v) is 15.3. The number of carbonyl (C=O) groups is 1. The van der Waals surface area contributed by atoms with Gasteiger partial charge in [-0.25, -0.2) is 9.48 Å². The number of aromatic nitrogens is 2. The minimum atomic E-state index is -4.40. The van der Waals surface area contributed by atoms with Crippen molar-refractivity contribution in [2.75, 3.05) is 11.9 Å². The van der Waals surface area contributed by atoms with Gasteiger partial charge in [0, 0.05) is 17.7 Å². The Labute approximate surface area is 164 Å². The van der Waals surface area contributed by atoms with Gasteiger partial charge in [0.2, 0.25) is 0 Å². The second-order valence-electron chi connectivity index (χ2n) is 6.90. The molecule has 2 N–H and O–H groups in total. The highest BCUT2D eigenvalue weighted by molar-refractivity contribution is 5.88. The second kappa shape index (κ2) is 7.27. The molecule has 0 unspecified atom stereocenters. The Morgan fingerprint density at radius 3 is 2.55 bits per heavy atom. The number of halogens is 3. The highest BCUT2D eigenvalue weighted by Crippen LogP contribution is 2.36. The molecular formula is C21H18F3N3O2. The van der Waals surface area contributed by atoms with E-state index in [1.54, 1.807) is 16.8 Å². The molecule has 3 aromatic rings. The smallest absolute Gasteiger partial charge is 0.416 e. The number of aromatic carboxylic acids is 1. The van der Waals surface area contributed by atoms with E-state index in [1.807, 2.05) is 0 Å². The molecule has 29 heavy (non-hydrogen) atoms. The molecule has 0 fully saturated rings. The van der Waals surface area contributed by atoms with Crippen LogP contribution < -0.4 is 5.32 Å². The number of alkyl halides is 3. The van der Waals surface area contributed by atoms with E-state index in [1.165, 1.54) is 24.3 Å². The van der Waals surface area contributed by atoms with Crippen LogP contribution >= 0.6 is 0 Å². The molecule has 0 saturated carbocycles. The molecule has 2 aromatic carbocycles. The highest BCUT2D eigenvalue weighted by Gasteiger charge is 2.30. The van der Waals surface area contributed by atoms with Crippen molar-refractivity contribution in [3.8, 4) is 16.9 Å². The number of carboxylic acid groups (broad SMARTS) is 1. The van der Waals surface area contributed by atoms with Crippen LogP contribution in [-0.2, 0) is 12.6 Å². The van der Waals surface area contributed by atoms with Gasteiger partial charge in [-0.3, -0.25) is 0 Å². The number of anilines is 1. The third-order valence-corrected chi connectivity index (χ3v) is 4.95. The van der Waals surface area contributed by atoms with Crippen molar-refractivity contribution in [1.29, 1.82) is 0 Å². The van der Waals surface area contributed by atoms with E-state index >= 15 is 0 Å². The maximum Gasteiger partial charge on any atom is 0.416 e. The van der Waals surface area contributed by atoms with Gasteiger partial charge < -0.3 is 10.4 Å². The van der Waals surface area contributed by atoms with Crippen LogP contribution in [0.1, 0.15) is 34.3 Å². The van der Waals surface area contributed by atoms with Crippen LogP contribution in [0.25, 0.3) is 16.9 Å². The molecule has 8 heteroatoms. The lowest BCUT2D eigenvalue weighted by Gasteiger charge is -2.09. The molecule has 2 heterocycles. The Balaban J connectivity index is 1.84. The number of nitrogens with one attached hydrogen (secondary N) is 1. The van der Waals surface area contributed by atoms with Gasteiger partial charge in [-0.2, -0.15) is 18.3 Å². The van der Waals surface area contributed by atoms with Crippen molar-refractivity contribution < 1.29 is 23.1 Å². The van der Waals surface area contributed by atoms with Crippen LogP contribution in [0.3, 0.4) is 0 Å². The third-order valence-electron chi connectivity index (χ3n) is 4.95. The average molecular weight is 401 g/mol. The summed E-state index contributed by atoms with van der Waals surface area (Å²) in [6.45, 7) is 0.740. The van der Waals surface area contributed by atoms with Crippen molar-refractivity contribution in [3.63, 3.8) is 0 Å². The summed E-state index contributed by atoms with van der Waals surface area (Å²) < 4.78 is 40.3. The lowest BCUT2D eigenvalue weighted by atomic mass is 10.0. The van der Waals surface area contributed by atoms with Crippen LogP contribution in [0.5, 0.6) is 0 Å². The first-order chi connectivity index (χ1) is 13.8. The molecule has 0 atom stereocenters. The molecule has 0 amide bonds. The zero-order chi connectivity index (χ0) is 20.6. The van der Waals surface area contributed by atoms with Crippen LogP contribution in [0.15, 0.2) is 48.5 Å². The largest absolute Gasteiger partial charge is 0.478 e. The first kappa shape index (κ1) is 19.0. The molecular weight excluding hydrogens is 383 g/mol. The summed E-state index contributed by atoms with van der Waals surface area (Å²) in [6.07, 6.45) is -1.78. The standard InChI is InChI=1S/C21H18F3N3O2/c22-21(23,24)15-9-7-13(8-10-15)18-17-6-1-2-11-25-19(17)27(26-18)16-5-3-4-14(12-16)20(28)29/h3-5,7-10,12,25H,1-2,6,11H2,(H,28,29). The number of hydrogen-bond acceptors (Lipinski definition) is 3. The number of rotatable bonds is 3. The fraction of sp³-hybridized carbons (Fsp3) is 0.238. The molecule has 1 aliphatic heterocycles. The molecule has 5 nitrogen and oxygen atoms in total. The molecule has 4 rings (SSSR count). The molecule has 1 aliphatic rings. The van der Waals surface area contributed by atoms with Crippen LogP contribution in [0.2, 0.25) is 0 Å². The van der Waals surface area contributed by atoms with Crippen LogP contribution in [0, 0.1) is 0 Å². The van der Waals surface area contributed by atoms with E-state index in [4.69, 9.17) is 0 Å². The first-order valence-electron chi connectivity index (χ1n) is 9.22. The van der Waals surface area contributed by atoms with Gasteiger partial charge in [-0.15, -0.1) is 0 Å². The molecule has 0 bridgehead atoms. The van der Waals surface area contributed by atoms with E-state index in [2.05, 4.69) is 10.4 Å². The summed E-state index contributed by atoms with van der Waals surface area (Å²) in [6, 6.07) is 11.4. The van der Waals surface area contributed by atoms with Crippen LogP contribution in [-0.4, -0.2) is 27.4 Å². The van der Waals surface area contributed by atoms with Crippen molar-refractivity contribution in [3.05, 3.63) is 65.2 Å². The predicted molar refractivity (Wildman–Crippen MR) is 102 cm³/mol. The van der Waals surface area contributed by atoms with E-state index in [0.29, 0.717) is 16.9 Å². The lowest BCUT2D eigenvalue weighted by Crippen LogP contribution is -2.08. The Kier molecular flexibility index (Phi) is 4.77. The fourth-order valence-corrected chi connectivity index (χ4v) is 3.51. The van der Waals surface area contributed by atoms with Gasteiger partial charge >= 0.3 is 12.1 Å². The lowest BCUT2D eigenvalue weighted by molar-refractivity contribution is -0.137. The van der Waals surface area contributed by atoms with Gasteiger partial charge in [0.1, 0.15) is 5.82 Å². The quantitative estimate of drug-likeness (QED) is 0.648. The summed E-state index contributed by atoms with van der Waals surface area (Å²) in [5.41, 5.74) is 2.11. The summed E-state index contributed by atoms with van der Waals surface area (Å²) in [4.78, 5) is 11.3. The highest BCUT2D eigenvalue weighted by atomic mass is 19.4. The Morgan fingerprint density at radius 2 is 1.86 bits per heavy atom.